The van der Waals surface area contributed by atoms with Crippen LogP contribution >= 0.6 is 24.0 Å². The molecule has 37 heavy (non-hydrogen) atoms. The SMILES string of the molecule is CCCCCCCCN1C(=O)C(=Cc2c(N3CCC(C(N)=O)CC3)nc3ccc(C)cn3c2=O)SC1=S. The maximum Gasteiger partial charge on any atom is 0.267 e. The quantitative estimate of drug-likeness (QED) is 0.272. The molecule has 0 spiro atoms. The number of hydrogen-bond donors (Lipinski definition) is 1. The van der Waals surface area contributed by atoms with Crippen molar-refractivity contribution in [3.8, 4) is 0 Å². The third kappa shape index (κ3) is 6.23. The number of pyridine rings is 1. The molecule has 2 aliphatic heterocycles. The number of aryl methyl sites for hydroxylation is 1. The fourth-order valence-electron chi connectivity index (χ4n) is 4.86. The third-order valence-electron chi connectivity index (χ3n) is 7.07. The van der Waals surface area contributed by atoms with Crippen molar-refractivity contribution in [2.75, 3.05) is 24.5 Å². The number of hydrogen-bond acceptors (Lipinski definition) is 7. The summed E-state index contributed by atoms with van der Waals surface area (Å²) in [4.78, 5) is 47.6. The molecule has 8 nitrogen and oxygen atoms in total. The van der Waals surface area contributed by atoms with Crippen LogP contribution in [0.1, 0.15) is 69.4 Å². The van der Waals surface area contributed by atoms with E-state index >= 15 is 0 Å². The Balaban J connectivity index is 1.62. The Hall–Kier alpha value is -2.72. The molecule has 0 saturated carbocycles. The van der Waals surface area contributed by atoms with Crippen LogP contribution in [0.2, 0.25) is 0 Å². The van der Waals surface area contributed by atoms with Crippen molar-refractivity contribution in [3.05, 3.63) is 44.7 Å². The van der Waals surface area contributed by atoms with E-state index in [4.69, 9.17) is 22.9 Å². The topological polar surface area (TPSA) is 101 Å². The van der Waals surface area contributed by atoms with Gasteiger partial charge in [-0.25, -0.2) is 4.98 Å². The van der Waals surface area contributed by atoms with Gasteiger partial charge in [0.1, 0.15) is 15.8 Å². The zero-order valence-corrected chi connectivity index (χ0v) is 23.2. The molecule has 2 aromatic rings. The number of nitrogens with zero attached hydrogens (tertiary/aromatic N) is 4. The second-order valence-corrected chi connectivity index (χ2v) is 11.5. The minimum absolute atomic E-state index is 0.157. The van der Waals surface area contributed by atoms with Gasteiger partial charge in [-0.15, -0.1) is 0 Å². The highest BCUT2D eigenvalue weighted by atomic mass is 32.2. The fourth-order valence-corrected chi connectivity index (χ4v) is 6.15. The van der Waals surface area contributed by atoms with Crippen molar-refractivity contribution in [2.24, 2.45) is 11.7 Å². The van der Waals surface area contributed by atoms with Crippen LogP contribution in [0.4, 0.5) is 5.82 Å². The number of fused-ring (bicyclic) bond motifs is 1. The summed E-state index contributed by atoms with van der Waals surface area (Å²) in [7, 11) is 0. The summed E-state index contributed by atoms with van der Waals surface area (Å²) >= 11 is 6.77. The van der Waals surface area contributed by atoms with Crippen LogP contribution in [-0.4, -0.2) is 50.1 Å². The summed E-state index contributed by atoms with van der Waals surface area (Å²) in [6, 6.07) is 3.73. The predicted molar refractivity (Wildman–Crippen MR) is 154 cm³/mol. The van der Waals surface area contributed by atoms with E-state index in [2.05, 4.69) is 6.92 Å². The number of rotatable bonds is 10. The minimum Gasteiger partial charge on any atom is -0.369 e. The van der Waals surface area contributed by atoms with Gasteiger partial charge in [-0.1, -0.05) is 69.1 Å². The van der Waals surface area contributed by atoms with E-state index in [1.165, 1.54) is 35.4 Å². The van der Waals surface area contributed by atoms with Gasteiger partial charge in [0.15, 0.2) is 0 Å². The average Bonchev–Trinajstić information content (AvgIpc) is 3.15. The van der Waals surface area contributed by atoms with E-state index in [1.807, 2.05) is 24.0 Å². The van der Waals surface area contributed by atoms with Gasteiger partial charge in [-0.3, -0.25) is 23.7 Å². The maximum atomic E-state index is 13.7. The van der Waals surface area contributed by atoms with Crippen molar-refractivity contribution in [3.63, 3.8) is 0 Å². The molecule has 10 heteroatoms. The fraction of sp³-hybridized carbons (Fsp3) is 0.519. The van der Waals surface area contributed by atoms with Crippen molar-refractivity contribution in [1.29, 1.82) is 0 Å². The van der Waals surface area contributed by atoms with E-state index < -0.39 is 0 Å². The Kier molecular flexibility index (Phi) is 9.02. The summed E-state index contributed by atoms with van der Waals surface area (Å²) < 4.78 is 2.05. The number of thioether (sulfide) groups is 1. The molecule has 2 amide bonds. The molecule has 0 aromatic carbocycles. The molecule has 2 N–H and O–H groups in total. The molecule has 2 aromatic heterocycles. The monoisotopic (exact) mass is 541 g/mol. The average molecular weight is 542 g/mol. The lowest BCUT2D eigenvalue weighted by Crippen LogP contribution is -2.40. The van der Waals surface area contributed by atoms with E-state index in [-0.39, 0.29) is 23.3 Å². The number of amides is 2. The van der Waals surface area contributed by atoms with Crippen LogP contribution in [0, 0.1) is 12.8 Å². The van der Waals surface area contributed by atoms with Gasteiger partial charge in [0.2, 0.25) is 5.91 Å². The first-order valence-corrected chi connectivity index (χ1v) is 14.3. The molecule has 0 unspecified atom stereocenters. The highest BCUT2D eigenvalue weighted by Crippen LogP contribution is 2.34. The van der Waals surface area contributed by atoms with Crippen molar-refractivity contribution >= 4 is 57.7 Å². The third-order valence-corrected chi connectivity index (χ3v) is 8.44. The van der Waals surface area contributed by atoms with Gasteiger partial charge in [0, 0.05) is 31.7 Å². The Morgan fingerprint density at radius 1 is 1.16 bits per heavy atom. The van der Waals surface area contributed by atoms with Gasteiger partial charge in [-0.05, 0) is 43.9 Å². The number of aromatic nitrogens is 2. The summed E-state index contributed by atoms with van der Waals surface area (Å²) in [5.74, 6) is -0.105. The Bertz CT molecular complexity index is 1280. The maximum absolute atomic E-state index is 13.7. The van der Waals surface area contributed by atoms with Gasteiger partial charge in [0.25, 0.3) is 11.5 Å². The second-order valence-electron chi connectivity index (χ2n) is 9.85. The number of thiocarbonyl (C=S) groups is 1. The van der Waals surface area contributed by atoms with Crippen LogP contribution in [0.25, 0.3) is 11.7 Å². The lowest BCUT2D eigenvalue weighted by atomic mass is 9.96. The number of carbonyl (C=O) groups excluding carboxylic acids is 2. The highest BCUT2D eigenvalue weighted by Gasteiger charge is 2.33. The number of primary amides is 1. The van der Waals surface area contributed by atoms with Gasteiger partial charge < -0.3 is 10.6 Å². The van der Waals surface area contributed by atoms with E-state index in [0.717, 1.165) is 24.8 Å². The van der Waals surface area contributed by atoms with Crippen LogP contribution in [0.5, 0.6) is 0 Å². The molecule has 2 saturated heterocycles. The van der Waals surface area contributed by atoms with Crippen LogP contribution in [-0.2, 0) is 9.59 Å². The number of unbranched alkanes of at least 4 members (excludes halogenated alkanes) is 5. The van der Waals surface area contributed by atoms with E-state index in [1.54, 1.807) is 17.2 Å². The highest BCUT2D eigenvalue weighted by molar-refractivity contribution is 8.26. The molecular weight excluding hydrogens is 506 g/mol. The van der Waals surface area contributed by atoms with Gasteiger partial charge in [-0.2, -0.15) is 0 Å². The minimum atomic E-state index is -0.295. The van der Waals surface area contributed by atoms with Crippen molar-refractivity contribution < 1.29 is 9.59 Å². The lowest BCUT2D eigenvalue weighted by Gasteiger charge is -2.32. The molecule has 0 bridgehead atoms. The first kappa shape index (κ1) is 27.3. The second kappa shape index (κ2) is 12.2. The van der Waals surface area contributed by atoms with Crippen molar-refractivity contribution in [1.82, 2.24) is 14.3 Å². The van der Waals surface area contributed by atoms with Gasteiger partial charge >= 0.3 is 0 Å². The smallest absolute Gasteiger partial charge is 0.267 e. The van der Waals surface area contributed by atoms with Crippen molar-refractivity contribution in [2.45, 2.75) is 65.2 Å². The first-order chi connectivity index (χ1) is 17.8. The predicted octanol–water partition coefficient (Wildman–Crippen LogP) is 4.27. The summed E-state index contributed by atoms with van der Waals surface area (Å²) in [5.41, 5.74) is 7.11. The molecule has 198 valence electrons. The largest absolute Gasteiger partial charge is 0.369 e. The zero-order chi connectivity index (χ0) is 26.5. The molecular formula is C27H35N5O3S2. The van der Waals surface area contributed by atoms with Crippen LogP contribution in [0.15, 0.2) is 28.0 Å². The van der Waals surface area contributed by atoms with E-state index in [9.17, 15) is 14.4 Å². The number of piperidine rings is 1. The molecule has 2 fully saturated rings. The molecule has 0 atom stereocenters. The van der Waals surface area contributed by atoms with Gasteiger partial charge in [0.05, 0.1) is 10.5 Å². The Morgan fingerprint density at radius 3 is 2.57 bits per heavy atom. The molecule has 4 heterocycles. The lowest BCUT2D eigenvalue weighted by molar-refractivity contribution is -0.123. The summed E-state index contributed by atoms with van der Waals surface area (Å²) in [5, 5.41) is 0. The summed E-state index contributed by atoms with van der Waals surface area (Å²) in [6.07, 6.45) is 11.4. The molecule has 0 aliphatic carbocycles. The number of carbonyl (C=O) groups is 2. The van der Waals surface area contributed by atoms with E-state index in [0.29, 0.717) is 58.7 Å². The zero-order valence-electron chi connectivity index (χ0n) is 21.6. The number of anilines is 1. The normalized spacial score (nSPS) is 17.9. The number of nitrogens with two attached hydrogens (primary N) is 1. The standard InChI is InChI=1S/C27H35N5O3S2/c1-3-4-5-6-7-8-13-31-26(35)21(37-27(31)36)16-20-24(30-14-11-19(12-15-30)23(28)33)29-22-10-9-18(2)17-32(22)25(20)34/h9-10,16-17,19H,3-8,11-15H2,1-2H3,(H2,28,33). The first-order valence-electron chi connectivity index (χ1n) is 13.1. The van der Waals surface area contributed by atoms with Crippen LogP contribution in [0.3, 0.4) is 0 Å². The Morgan fingerprint density at radius 2 is 1.86 bits per heavy atom. The van der Waals surface area contributed by atoms with Crippen LogP contribution < -0.4 is 16.2 Å². The summed E-state index contributed by atoms with van der Waals surface area (Å²) in [6.45, 7) is 5.82. The Labute approximate surface area is 227 Å². The molecule has 2 aliphatic rings. The molecule has 4 rings (SSSR count). The molecule has 0 radical (unpaired) electrons.